The molecular weight excluding hydrogens is 383 g/mol. The van der Waals surface area contributed by atoms with Gasteiger partial charge in [-0.2, -0.15) is 0 Å². The highest BCUT2D eigenvalue weighted by atomic mass is 19.1. The van der Waals surface area contributed by atoms with Crippen molar-refractivity contribution < 1.29 is 18.7 Å². The van der Waals surface area contributed by atoms with Crippen molar-refractivity contribution in [3.8, 4) is 5.75 Å². The molecular formula is C24H31FN2O3. The number of carbonyl (C=O) groups excluding carboxylic acids is 1. The van der Waals surface area contributed by atoms with E-state index in [0.717, 1.165) is 31.5 Å². The lowest BCUT2D eigenvalue weighted by Gasteiger charge is -2.36. The summed E-state index contributed by atoms with van der Waals surface area (Å²) in [4.78, 5) is 14.6. The molecule has 1 aliphatic heterocycles. The molecule has 0 radical (unpaired) electrons. The molecule has 3 rings (SSSR count). The Labute approximate surface area is 178 Å². The molecule has 0 bridgehead atoms. The summed E-state index contributed by atoms with van der Waals surface area (Å²) in [6, 6.07) is 14.6. The second-order valence-corrected chi connectivity index (χ2v) is 7.77. The van der Waals surface area contributed by atoms with E-state index in [0.29, 0.717) is 30.9 Å². The lowest BCUT2D eigenvalue weighted by atomic mass is 10.0. The van der Waals surface area contributed by atoms with Crippen molar-refractivity contribution in [2.45, 2.75) is 38.3 Å². The van der Waals surface area contributed by atoms with E-state index in [4.69, 9.17) is 9.47 Å². The summed E-state index contributed by atoms with van der Waals surface area (Å²) in [5, 5.41) is 2.82. The third-order valence-electron chi connectivity index (χ3n) is 5.56. The lowest BCUT2D eigenvalue weighted by molar-refractivity contribution is 0.0793. The number of nitrogens with zero attached hydrogens (tertiary/aromatic N) is 1. The van der Waals surface area contributed by atoms with E-state index in [-0.39, 0.29) is 23.9 Å². The van der Waals surface area contributed by atoms with Crippen LogP contribution in [-0.4, -0.2) is 56.3 Å². The Bertz CT molecular complexity index is 822. The van der Waals surface area contributed by atoms with Gasteiger partial charge in [0.05, 0.1) is 6.61 Å². The van der Waals surface area contributed by atoms with Gasteiger partial charge in [-0.25, -0.2) is 4.39 Å². The zero-order valence-electron chi connectivity index (χ0n) is 17.8. The van der Waals surface area contributed by atoms with Crippen LogP contribution in [0.3, 0.4) is 0 Å². The molecule has 2 aromatic carbocycles. The minimum Gasteiger partial charge on any atom is -0.490 e. The predicted molar refractivity (Wildman–Crippen MR) is 115 cm³/mol. The summed E-state index contributed by atoms with van der Waals surface area (Å²) in [6.45, 7) is 4.94. The number of carbonyl (C=O) groups is 1. The number of benzene rings is 2. The minimum absolute atomic E-state index is 0.119. The zero-order valence-corrected chi connectivity index (χ0v) is 17.8. The van der Waals surface area contributed by atoms with Crippen molar-refractivity contribution in [3.63, 3.8) is 0 Å². The first-order chi connectivity index (χ1) is 14.6. The van der Waals surface area contributed by atoms with Crippen LogP contribution in [0, 0.1) is 5.82 Å². The van der Waals surface area contributed by atoms with Crippen molar-refractivity contribution in [3.05, 3.63) is 65.5 Å². The summed E-state index contributed by atoms with van der Waals surface area (Å²) >= 11 is 0. The Balaban J connectivity index is 1.48. The molecule has 0 spiro atoms. The van der Waals surface area contributed by atoms with Crippen LogP contribution in [0.2, 0.25) is 0 Å². The number of likely N-dealkylation sites (tertiary alicyclic amines) is 1. The molecule has 0 aliphatic carbocycles. The number of methoxy groups -OCH3 is 1. The van der Waals surface area contributed by atoms with Gasteiger partial charge in [0.2, 0.25) is 0 Å². The van der Waals surface area contributed by atoms with Gasteiger partial charge in [-0.15, -0.1) is 0 Å². The monoisotopic (exact) mass is 414 g/mol. The van der Waals surface area contributed by atoms with E-state index >= 15 is 0 Å². The fourth-order valence-corrected chi connectivity index (χ4v) is 3.82. The fraction of sp³-hybridized carbons (Fsp3) is 0.458. The Kier molecular flexibility index (Phi) is 8.22. The molecule has 2 aromatic rings. The molecule has 1 fully saturated rings. The fourth-order valence-electron chi connectivity index (χ4n) is 3.82. The van der Waals surface area contributed by atoms with E-state index in [1.54, 1.807) is 25.3 Å². The smallest absolute Gasteiger partial charge is 0.251 e. The standard InChI is InChI=1S/C24H31FN2O3/c1-18(16-19-6-3-4-9-23(19)25)27-13-10-21(11-14-27)30-22-8-5-7-20(17-22)24(28)26-12-15-29-2/h3-9,17-18,21H,10-16H2,1-2H3,(H,26,28). The first-order valence-electron chi connectivity index (χ1n) is 10.6. The summed E-state index contributed by atoms with van der Waals surface area (Å²) in [6.07, 6.45) is 2.64. The average molecular weight is 415 g/mol. The van der Waals surface area contributed by atoms with Crippen LogP contribution < -0.4 is 10.1 Å². The summed E-state index contributed by atoms with van der Waals surface area (Å²) < 4.78 is 25.0. The molecule has 0 saturated carbocycles. The number of nitrogens with one attached hydrogen (secondary N) is 1. The molecule has 0 aromatic heterocycles. The van der Waals surface area contributed by atoms with Gasteiger partial charge in [-0.1, -0.05) is 24.3 Å². The summed E-state index contributed by atoms with van der Waals surface area (Å²) in [5.74, 6) is 0.454. The van der Waals surface area contributed by atoms with E-state index in [9.17, 15) is 9.18 Å². The van der Waals surface area contributed by atoms with Crippen LogP contribution in [0.4, 0.5) is 4.39 Å². The Hall–Kier alpha value is -2.44. The van der Waals surface area contributed by atoms with Gasteiger partial charge in [-0.05, 0) is 56.0 Å². The molecule has 1 atom stereocenters. The van der Waals surface area contributed by atoms with E-state index in [2.05, 4.69) is 17.1 Å². The summed E-state index contributed by atoms with van der Waals surface area (Å²) in [5.41, 5.74) is 1.35. The van der Waals surface area contributed by atoms with Crippen LogP contribution in [0.1, 0.15) is 35.7 Å². The first-order valence-corrected chi connectivity index (χ1v) is 10.6. The molecule has 1 amide bonds. The second kappa shape index (κ2) is 11.1. The van der Waals surface area contributed by atoms with Gasteiger partial charge >= 0.3 is 0 Å². The Morgan fingerprint density at radius 2 is 1.97 bits per heavy atom. The van der Waals surface area contributed by atoms with Crippen LogP contribution >= 0.6 is 0 Å². The molecule has 1 saturated heterocycles. The van der Waals surface area contributed by atoms with Crippen LogP contribution in [0.15, 0.2) is 48.5 Å². The van der Waals surface area contributed by atoms with Crippen molar-refractivity contribution >= 4 is 5.91 Å². The SMILES string of the molecule is COCCNC(=O)c1cccc(OC2CCN(C(C)Cc3ccccc3F)CC2)c1. The molecule has 1 aliphatic rings. The highest BCUT2D eigenvalue weighted by Crippen LogP contribution is 2.22. The van der Waals surface area contributed by atoms with E-state index < -0.39 is 0 Å². The maximum Gasteiger partial charge on any atom is 0.251 e. The molecule has 6 heteroatoms. The quantitative estimate of drug-likeness (QED) is 0.636. The largest absolute Gasteiger partial charge is 0.490 e. The number of ether oxygens (including phenoxy) is 2. The molecule has 5 nitrogen and oxygen atoms in total. The topological polar surface area (TPSA) is 50.8 Å². The molecule has 1 N–H and O–H groups in total. The molecule has 1 heterocycles. The zero-order chi connectivity index (χ0) is 21.3. The number of amides is 1. The third-order valence-corrected chi connectivity index (χ3v) is 5.56. The van der Waals surface area contributed by atoms with Crippen molar-refractivity contribution in [2.75, 3.05) is 33.4 Å². The normalized spacial score (nSPS) is 16.2. The minimum atomic E-state index is -0.131. The number of piperidine rings is 1. The number of hydrogen-bond acceptors (Lipinski definition) is 4. The molecule has 1 unspecified atom stereocenters. The predicted octanol–water partition coefficient (Wildman–Crippen LogP) is 3.68. The van der Waals surface area contributed by atoms with Crippen LogP contribution in [-0.2, 0) is 11.2 Å². The lowest BCUT2D eigenvalue weighted by Crippen LogP contribution is -2.43. The maximum absolute atomic E-state index is 13.9. The second-order valence-electron chi connectivity index (χ2n) is 7.77. The highest BCUT2D eigenvalue weighted by molar-refractivity contribution is 5.94. The Morgan fingerprint density at radius 1 is 1.20 bits per heavy atom. The Morgan fingerprint density at radius 3 is 2.70 bits per heavy atom. The van der Waals surface area contributed by atoms with Crippen molar-refractivity contribution in [1.82, 2.24) is 10.2 Å². The number of hydrogen-bond donors (Lipinski definition) is 1. The van der Waals surface area contributed by atoms with Gasteiger partial charge < -0.3 is 19.7 Å². The van der Waals surface area contributed by atoms with E-state index in [1.165, 1.54) is 6.07 Å². The van der Waals surface area contributed by atoms with Gasteiger partial charge in [0.25, 0.3) is 5.91 Å². The van der Waals surface area contributed by atoms with Crippen molar-refractivity contribution in [2.24, 2.45) is 0 Å². The van der Waals surface area contributed by atoms with Crippen LogP contribution in [0.5, 0.6) is 5.75 Å². The van der Waals surface area contributed by atoms with Gasteiger partial charge in [0, 0.05) is 38.3 Å². The highest BCUT2D eigenvalue weighted by Gasteiger charge is 2.24. The maximum atomic E-state index is 13.9. The van der Waals surface area contributed by atoms with Crippen LogP contribution in [0.25, 0.3) is 0 Å². The number of rotatable bonds is 9. The first kappa shape index (κ1) is 22.2. The molecule has 30 heavy (non-hydrogen) atoms. The number of halogens is 1. The third kappa shape index (κ3) is 6.28. The van der Waals surface area contributed by atoms with Crippen molar-refractivity contribution in [1.29, 1.82) is 0 Å². The molecule has 162 valence electrons. The summed E-state index contributed by atoms with van der Waals surface area (Å²) in [7, 11) is 1.60. The van der Waals surface area contributed by atoms with Gasteiger partial charge in [-0.3, -0.25) is 4.79 Å². The van der Waals surface area contributed by atoms with E-state index in [1.807, 2.05) is 24.3 Å². The van der Waals surface area contributed by atoms with Gasteiger partial charge in [0.1, 0.15) is 17.7 Å². The average Bonchev–Trinajstić information content (AvgIpc) is 2.76. The van der Waals surface area contributed by atoms with Gasteiger partial charge in [0.15, 0.2) is 0 Å².